The van der Waals surface area contributed by atoms with Crippen molar-refractivity contribution in [3.63, 3.8) is 0 Å². The molecule has 0 saturated heterocycles. The van der Waals surface area contributed by atoms with Crippen molar-refractivity contribution in [2.45, 2.75) is 87.1 Å². The van der Waals surface area contributed by atoms with Gasteiger partial charge >= 0.3 is 0 Å². The van der Waals surface area contributed by atoms with Crippen molar-refractivity contribution in [3.8, 4) is 0 Å². The van der Waals surface area contributed by atoms with Gasteiger partial charge in [-0.3, -0.25) is 14.8 Å². The van der Waals surface area contributed by atoms with E-state index in [4.69, 9.17) is 5.21 Å². The summed E-state index contributed by atoms with van der Waals surface area (Å²) in [6.45, 7) is 25.9. The van der Waals surface area contributed by atoms with Crippen LogP contribution in [0.4, 0.5) is 0 Å². The first-order chi connectivity index (χ1) is 17.8. The molecule has 2 amide bonds. The highest BCUT2D eigenvalue weighted by Gasteiger charge is 2.20. The van der Waals surface area contributed by atoms with E-state index in [0.717, 1.165) is 28.7 Å². The summed E-state index contributed by atoms with van der Waals surface area (Å²) in [6.07, 6.45) is 3.58. The van der Waals surface area contributed by atoms with Crippen LogP contribution in [0.25, 0.3) is 10.8 Å². The summed E-state index contributed by atoms with van der Waals surface area (Å²) in [4.78, 5) is 23.8. The zero-order valence-electron chi connectivity index (χ0n) is 25.3. The third-order valence-corrected chi connectivity index (χ3v) is 4.62. The van der Waals surface area contributed by atoms with Gasteiger partial charge in [-0.05, 0) is 55.9 Å². The lowest BCUT2D eigenvalue weighted by Crippen LogP contribution is -2.45. The van der Waals surface area contributed by atoms with E-state index in [1.54, 1.807) is 5.48 Å². The molecule has 0 aliphatic carbocycles. The van der Waals surface area contributed by atoms with Crippen LogP contribution < -0.4 is 16.1 Å². The van der Waals surface area contributed by atoms with Gasteiger partial charge in [0.1, 0.15) is 0 Å². The van der Waals surface area contributed by atoms with E-state index in [1.165, 1.54) is 0 Å². The average molecular weight is 528 g/mol. The summed E-state index contributed by atoms with van der Waals surface area (Å²) in [5.41, 5.74) is 2.99. The lowest BCUT2D eigenvalue weighted by molar-refractivity contribution is -0.129. The number of hydrogen-bond donors (Lipinski definition) is 4. The fourth-order valence-corrected chi connectivity index (χ4v) is 3.04. The second-order valence-electron chi connectivity index (χ2n) is 10.4. The number of rotatable bonds is 9. The molecule has 0 bridgehead atoms. The van der Waals surface area contributed by atoms with Gasteiger partial charge in [-0.25, -0.2) is 5.48 Å². The maximum Gasteiger partial charge on any atom is 0.244 e. The van der Waals surface area contributed by atoms with E-state index in [-0.39, 0.29) is 30.3 Å². The van der Waals surface area contributed by atoms with Gasteiger partial charge < -0.3 is 10.6 Å². The number of allylic oxidation sites excluding steroid dienone is 2. The number of benzene rings is 2. The molecule has 1 unspecified atom stereocenters. The number of hydroxylamine groups is 1. The fraction of sp³-hybridized carbons (Fsp3) is 0.500. The van der Waals surface area contributed by atoms with E-state index < -0.39 is 5.91 Å². The van der Waals surface area contributed by atoms with Crippen LogP contribution >= 0.6 is 0 Å². The zero-order chi connectivity index (χ0) is 29.7. The molecule has 0 saturated carbocycles. The van der Waals surface area contributed by atoms with Gasteiger partial charge in [0.05, 0.1) is 6.54 Å². The molecule has 6 nitrogen and oxygen atoms in total. The Balaban J connectivity index is 0. The molecule has 0 aliphatic rings. The second kappa shape index (κ2) is 20.9. The Morgan fingerprint density at radius 1 is 1.00 bits per heavy atom. The standard InChI is InChI=1S/C22H29N3O3.C4H10.C4H8.C2H6/c1-15(23-14-21(27)24-22(2,3)4)19(13-20(26)25-28)12-16-9-10-17-7-5-6-8-18(17)11-16;1-4(2)3;1-3-4-2;1-2/h5-11,19,23,28H,1,12-14H2,2-4H3,(H,24,27)(H,25,26);4H,1-3H3;3H,1,4H2,2H3;1-2H3. The van der Waals surface area contributed by atoms with Gasteiger partial charge in [-0.2, -0.15) is 0 Å². The van der Waals surface area contributed by atoms with Crippen LogP contribution in [0.5, 0.6) is 0 Å². The van der Waals surface area contributed by atoms with Crippen LogP contribution in [0.2, 0.25) is 0 Å². The molecule has 0 aliphatic heterocycles. The molecule has 2 aromatic carbocycles. The predicted octanol–water partition coefficient (Wildman–Crippen LogP) is 7.18. The summed E-state index contributed by atoms with van der Waals surface area (Å²) in [7, 11) is 0. The van der Waals surface area contributed by atoms with Gasteiger partial charge in [0, 0.05) is 23.6 Å². The third kappa shape index (κ3) is 19.1. The van der Waals surface area contributed by atoms with E-state index >= 15 is 0 Å². The number of hydrogen-bond acceptors (Lipinski definition) is 4. The zero-order valence-corrected chi connectivity index (χ0v) is 25.3. The monoisotopic (exact) mass is 527 g/mol. The van der Waals surface area contributed by atoms with Gasteiger partial charge in [0.2, 0.25) is 11.8 Å². The first-order valence-electron chi connectivity index (χ1n) is 13.6. The molecule has 4 N–H and O–H groups in total. The van der Waals surface area contributed by atoms with Crippen molar-refractivity contribution in [1.29, 1.82) is 0 Å². The number of nitrogens with one attached hydrogen (secondary N) is 3. The molecule has 1 atom stereocenters. The maximum atomic E-state index is 12.0. The largest absolute Gasteiger partial charge is 0.380 e. The Kier molecular flexibility index (Phi) is 20.4. The number of carbonyl (C=O) groups excluding carboxylic acids is 2. The molecule has 38 heavy (non-hydrogen) atoms. The average Bonchev–Trinajstić information content (AvgIpc) is 2.86. The molecule has 0 heterocycles. The van der Waals surface area contributed by atoms with Gasteiger partial charge in [0.15, 0.2) is 0 Å². The normalized spacial score (nSPS) is 10.8. The lowest BCUT2D eigenvalue weighted by Gasteiger charge is -2.23. The Labute approximate surface area is 232 Å². The Bertz CT molecular complexity index is 959. The molecule has 6 heteroatoms. The quantitative estimate of drug-likeness (QED) is 0.158. The number of fused-ring (bicyclic) bond motifs is 1. The maximum absolute atomic E-state index is 12.0. The van der Waals surface area contributed by atoms with E-state index in [1.807, 2.05) is 77.1 Å². The summed E-state index contributed by atoms with van der Waals surface area (Å²) >= 11 is 0. The van der Waals surface area contributed by atoms with Crippen molar-refractivity contribution < 1.29 is 14.8 Å². The van der Waals surface area contributed by atoms with E-state index in [2.05, 4.69) is 57.6 Å². The highest BCUT2D eigenvalue weighted by atomic mass is 16.5. The molecule has 0 aromatic heterocycles. The molecule has 0 fully saturated rings. The van der Waals surface area contributed by atoms with Crippen molar-refractivity contribution in [2.24, 2.45) is 11.8 Å². The number of carbonyl (C=O) groups is 2. The Hall–Kier alpha value is -3.12. The van der Waals surface area contributed by atoms with Crippen molar-refractivity contribution in [3.05, 3.63) is 73.0 Å². The molecule has 0 spiro atoms. The van der Waals surface area contributed by atoms with Gasteiger partial charge in [0.25, 0.3) is 0 Å². The van der Waals surface area contributed by atoms with E-state index in [9.17, 15) is 9.59 Å². The minimum Gasteiger partial charge on any atom is -0.380 e. The van der Waals surface area contributed by atoms with Crippen LogP contribution in [0, 0.1) is 11.8 Å². The topological polar surface area (TPSA) is 90.5 Å². The minimum absolute atomic E-state index is 0.0655. The predicted molar refractivity (Wildman–Crippen MR) is 163 cm³/mol. The molecular formula is C32H53N3O3. The lowest BCUT2D eigenvalue weighted by atomic mass is 9.92. The summed E-state index contributed by atoms with van der Waals surface area (Å²) in [6, 6.07) is 14.2. The van der Waals surface area contributed by atoms with Crippen LogP contribution in [-0.2, 0) is 16.0 Å². The smallest absolute Gasteiger partial charge is 0.244 e. The highest BCUT2D eigenvalue weighted by molar-refractivity contribution is 5.83. The first-order valence-corrected chi connectivity index (χ1v) is 13.6. The summed E-state index contributed by atoms with van der Waals surface area (Å²) in [5, 5.41) is 17.1. The molecule has 0 radical (unpaired) electrons. The molecule has 2 aromatic rings. The van der Waals surface area contributed by atoms with Crippen LogP contribution in [-0.4, -0.2) is 29.1 Å². The Morgan fingerprint density at radius 3 is 2.00 bits per heavy atom. The van der Waals surface area contributed by atoms with Crippen LogP contribution in [0.15, 0.2) is 67.4 Å². The summed E-state index contributed by atoms with van der Waals surface area (Å²) in [5.74, 6) is -0.0756. The highest BCUT2D eigenvalue weighted by Crippen LogP contribution is 2.22. The Morgan fingerprint density at radius 2 is 1.53 bits per heavy atom. The molecule has 2 rings (SSSR count). The van der Waals surface area contributed by atoms with Gasteiger partial charge in [-0.1, -0.05) is 96.7 Å². The minimum atomic E-state index is -0.493. The molecule has 214 valence electrons. The third-order valence-electron chi connectivity index (χ3n) is 4.62. The summed E-state index contributed by atoms with van der Waals surface area (Å²) < 4.78 is 0. The van der Waals surface area contributed by atoms with Crippen molar-refractivity contribution in [1.82, 2.24) is 16.1 Å². The van der Waals surface area contributed by atoms with Gasteiger partial charge in [-0.15, -0.1) is 6.58 Å². The van der Waals surface area contributed by atoms with E-state index in [0.29, 0.717) is 12.1 Å². The first kappa shape index (κ1) is 37.0. The van der Waals surface area contributed by atoms with Crippen molar-refractivity contribution in [2.75, 3.05) is 6.54 Å². The van der Waals surface area contributed by atoms with Crippen molar-refractivity contribution >= 4 is 22.6 Å². The molecular weight excluding hydrogens is 474 g/mol. The van der Waals surface area contributed by atoms with Crippen LogP contribution in [0.3, 0.4) is 0 Å². The fourth-order valence-electron chi connectivity index (χ4n) is 3.04. The second-order valence-corrected chi connectivity index (χ2v) is 10.4. The number of amides is 2. The van der Waals surface area contributed by atoms with Crippen LogP contribution in [0.1, 0.15) is 80.7 Å². The SMILES string of the molecule is C=C(NCC(=O)NC(C)(C)C)C(CC(=O)NO)Cc1ccc2ccccc2c1.C=CCC.CC.CC(C)C.